The van der Waals surface area contributed by atoms with Crippen molar-refractivity contribution in [2.75, 3.05) is 40.0 Å². The maximum atomic E-state index is 12.6. The molecule has 0 radical (unpaired) electrons. The zero-order valence-corrected chi connectivity index (χ0v) is 17.8. The van der Waals surface area contributed by atoms with Gasteiger partial charge >= 0.3 is 0 Å². The van der Waals surface area contributed by atoms with E-state index < -0.39 is 17.1 Å². The van der Waals surface area contributed by atoms with Gasteiger partial charge in [-0.05, 0) is 48.9 Å². The topological polar surface area (TPSA) is 94.2 Å². The number of amides is 3. The molecule has 1 aliphatic heterocycles. The predicted molar refractivity (Wildman–Crippen MR) is 114 cm³/mol. The Morgan fingerprint density at radius 1 is 1.30 bits per heavy atom. The second-order valence-corrected chi connectivity index (χ2v) is 7.09. The van der Waals surface area contributed by atoms with Gasteiger partial charge in [-0.15, -0.1) is 6.42 Å². The van der Waals surface area contributed by atoms with Gasteiger partial charge in [0.05, 0.1) is 11.5 Å². The fourth-order valence-electron chi connectivity index (χ4n) is 2.55. The number of imide groups is 1. The summed E-state index contributed by atoms with van der Waals surface area (Å²) in [5.74, 6) is 2.45. The van der Waals surface area contributed by atoms with Crippen molar-refractivity contribution in [3.05, 3.63) is 28.7 Å². The van der Waals surface area contributed by atoms with E-state index in [0.29, 0.717) is 43.2 Å². The van der Waals surface area contributed by atoms with Gasteiger partial charge in [-0.1, -0.05) is 12.0 Å². The number of nitrogens with zero attached hydrogens (tertiary/aromatic N) is 1. The molecule has 3 amide bonds. The Morgan fingerprint density at radius 3 is 2.80 bits per heavy atom. The lowest BCUT2D eigenvalue weighted by molar-refractivity contribution is -0.129. The monoisotopic (exact) mass is 432 g/mol. The Labute approximate surface area is 179 Å². The first-order valence-electron chi connectivity index (χ1n) is 9.34. The molecule has 1 fully saturated rings. The van der Waals surface area contributed by atoms with E-state index in [4.69, 9.17) is 20.6 Å². The molecule has 0 saturated carbocycles. The Hall–Kier alpha value is -2.96. The van der Waals surface area contributed by atoms with Crippen molar-refractivity contribution in [2.45, 2.75) is 13.3 Å². The highest BCUT2D eigenvalue weighted by atomic mass is 32.2. The lowest BCUT2D eigenvalue weighted by atomic mass is 10.2. The Bertz CT molecular complexity index is 862. The molecule has 2 rings (SSSR count). The Balaban J connectivity index is 2.08. The number of methoxy groups -OCH3 is 1. The van der Waals surface area contributed by atoms with E-state index in [2.05, 4.69) is 11.2 Å². The highest BCUT2D eigenvalue weighted by Crippen LogP contribution is 2.34. The second-order valence-electron chi connectivity index (χ2n) is 6.10. The number of rotatable bonds is 11. The first-order chi connectivity index (χ1) is 14.5. The van der Waals surface area contributed by atoms with E-state index >= 15 is 0 Å². The van der Waals surface area contributed by atoms with Crippen LogP contribution in [0, 0.1) is 12.3 Å². The summed E-state index contributed by atoms with van der Waals surface area (Å²) < 4.78 is 15.9. The van der Waals surface area contributed by atoms with Gasteiger partial charge in [0, 0.05) is 20.3 Å². The zero-order valence-electron chi connectivity index (χ0n) is 16.9. The van der Waals surface area contributed by atoms with Crippen LogP contribution in [0.15, 0.2) is 23.1 Å². The molecule has 30 heavy (non-hydrogen) atoms. The zero-order chi connectivity index (χ0) is 21.9. The highest BCUT2D eigenvalue weighted by molar-refractivity contribution is 8.18. The van der Waals surface area contributed by atoms with E-state index in [-0.39, 0.29) is 18.1 Å². The number of benzene rings is 1. The summed E-state index contributed by atoms with van der Waals surface area (Å²) in [5.41, 5.74) is 0.654. The molecule has 0 spiro atoms. The van der Waals surface area contributed by atoms with Crippen LogP contribution >= 0.6 is 11.8 Å². The molecule has 0 unspecified atom stereocenters. The smallest absolute Gasteiger partial charge is 0.294 e. The molecule has 1 N–H and O–H groups in total. The van der Waals surface area contributed by atoms with Crippen molar-refractivity contribution in [1.29, 1.82) is 0 Å². The van der Waals surface area contributed by atoms with Crippen molar-refractivity contribution in [1.82, 2.24) is 10.2 Å². The first kappa shape index (κ1) is 23.3. The molecule has 1 heterocycles. The molecule has 0 bridgehead atoms. The van der Waals surface area contributed by atoms with Crippen LogP contribution in [0.1, 0.15) is 18.9 Å². The molecule has 1 aromatic rings. The van der Waals surface area contributed by atoms with Crippen LogP contribution in [0.2, 0.25) is 0 Å². The third kappa shape index (κ3) is 6.54. The van der Waals surface area contributed by atoms with Crippen LogP contribution in [0.3, 0.4) is 0 Å². The maximum absolute atomic E-state index is 12.6. The molecule has 1 saturated heterocycles. The summed E-state index contributed by atoms with van der Waals surface area (Å²) >= 11 is 0.788. The van der Waals surface area contributed by atoms with Gasteiger partial charge in [-0.2, -0.15) is 0 Å². The summed E-state index contributed by atoms with van der Waals surface area (Å²) in [7, 11) is 1.57. The largest absolute Gasteiger partial charge is 0.490 e. The van der Waals surface area contributed by atoms with Crippen molar-refractivity contribution in [2.24, 2.45) is 0 Å². The summed E-state index contributed by atoms with van der Waals surface area (Å²) in [6.45, 7) is 2.97. The summed E-state index contributed by atoms with van der Waals surface area (Å²) in [6, 6.07) is 5.11. The molecule has 9 heteroatoms. The second kappa shape index (κ2) is 11.9. The minimum Gasteiger partial charge on any atom is -0.490 e. The van der Waals surface area contributed by atoms with Crippen molar-refractivity contribution in [3.63, 3.8) is 0 Å². The molecular weight excluding hydrogens is 408 g/mol. The van der Waals surface area contributed by atoms with E-state index in [1.807, 2.05) is 6.92 Å². The van der Waals surface area contributed by atoms with E-state index in [1.165, 1.54) is 0 Å². The van der Waals surface area contributed by atoms with Gasteiger partial charge in [-0.3, -0.25) is 19.3 Å². The normalized spacial score (nSPS) is 14.7. The van der Waals surface area contributed by atoms with Gasteiger partial charge < -0.3 is 19.5 Å². The lowest BCUT2D eigenvalue weighted by Gasteiger charge is -2.12. The number of ether oxygens (including phenoxy) is 3. The van der Waals surface area contributed by atoms with Crippen LogP contribution in [0.4, 0.5) is 4.79 Å². The van der Waals surface area contributed by atoms with Crippen LogP contribution in [0.5, 0.6) is 11.5 Å². The molecular formula is C21H24N2O6S. The van der Waals surface area contributed by atoms with Crippen molar-refractivity contribution < 1.29 is 28.6 Å². The van der Waals surface area contributed by atoms with E-state index in [1.54, 1.807) is 31.4 Å². The average molecular weight is 432 g/mol. The number of hydrogen-bond acceptors (Lipinski definition) is 7. The van der Waals surface area contributed by atoms with Crippen LogP contribution in [0.25, 0.3) is 6.08 Å². The van der Waals surface area contributed by atoms with Crippen molar-refractivity contribution in [3.8, 4) is 23.8 Å². The highest BCUT2D eigenvalue weighted by Gasteiger charge is 2.36. The quantitative estimate of drug-likeness (QED) is 0.326. The van der Waals surface area contributed by atoms with Gasteiger partial charge in [0.15, 0.2) is 11.5 Å². The molecule has 160 valence electrons. The van der Waals surface area contributed by atoms with Gasteiger partial charge in [0.25, 0.3) is 11.1 Å². The van der Waals surface area contributed by atoms with Crippen LogP contribution < -0.4 is 14.8 Å². The number of terminal acetylenes is 1. The number of nitrogens with one attached hydrogen (secondary N) is 1. The predicted octanol–water partition coefficient (Wildman–Crippen LogP) is 2.29. The van der Waals surface area contributed by atoms with Crippen LogP contribution in [-0.4, -0.2) is 62.0 Å². The number of thioether (sulfide) groups is 1. The Morgan fingerprint density at radius 2 is 2.10 bits per heavy atom. The SMILES string of the molecule is C#CCOc1ccc(/C=C2\SC(=O)N(CC(=O)NCCCOC)C2=O)cc1OCC. The number of carbonyl (C=O) groups excluding carboxylic acids is 3. The molecule has 1 aromatic carbocycles. The summed E-state index contributed by atoms with van der Waals surface area (Å²) in [6.07, 6.45) is 7.44. The minimum atomic E-state index is -0.511. The number of carbonyl (C=O) groups is 3. The standard InChI is InChI=1S/C21H24N2O6S/c1-4-10-29-16-8-7-15(12-17(16)28-5-2)13-18-20(25)23(21(26)30-18)14-19(24)22-9-6-11-27-3/h1,7-8,12-13H,5-6,9-11,14H2,2-3H3,(H,22,24)/b18-13-. The van der Waals surface area contributed by atoms with Gasteiger partial charge in [0.2, 0.25) is 5.91 Å². The van der Waals surface area contributed by atoms with Gasteiger partial charge in [-0.25, -0.2) is 0 Å². The minimum absolute atomic E-state index is 0.103. The third-order valence-corrected chi connectivity index (χ3v) is 4.81. The molecule has 0 atom stereocenters. The van der Waals surface area contributed by atoms with E-state index in [0.717, 1.165) is 16.7 Å². The summed E-state index contributed by atoms with van der Waals surface area (Å²) in [5, 5.41) is 2.17. The van der Waals surface area contributed by atoms with Gasteiger partial charge in [0.1, 0.15) is 13.2 Å². The van der Waals surface area contributed by atoms with Crippen molar-refractivity contribution >= 4 is 34.9 Å². The molecule has 0 aromatic heterocycles. The first-order valence-corrected chi connectivity index (χ1v) is 10.2. The molecule has 1 aliphatic rings. The fourth-order valence-corrected chi connectivity index (χ4v) is 3.39. The average Bonchev–Trinajstić information content (AvgIpc) is 2.98. The lowest BCUT2D eigenvalue weighted by Crippen LogP contribution is -2.39. The maximum Gasteiger partial charge on any atom is 0.294 e. The summed E-state index contributed by atoms with van der Waals surface area (Å²) in [4.78, 5) is 37.9. The molecule has 0 aliphatic carbocycles. The molecule has 8 nitrogen and oxygen atoms in total. The van der Waals surface area contributed by atoms with Crippen LogP contribution in [-0.2, 0) is 14.3 Å². The fraction of sp³-hybridized carbons (Fsp3) is 0.381. The van der Waals surface area contributed by atoms with E-state index in [9.17, 15) is 14.4 Å². The Kier molecular flexibility index (Phi) is 9.25. The number of hydrogen-bond donors (Lipinski definition) is 1. The third-order valence-electron chi connectivity index (χ3n) is 3.90.